The Balaban J connectivity index is 2.52. The summed E-state index contributed by atoms with van der Waals surface area (Å²) in [6.07, 6.45) is 3.20. The maximum atomic E-state index is 9.44. The molecule has 0 fully saturated rings. The standard InChI is InChI=1S/C8H8BrNO/c9-5-3-6-7(10-4-5)1-2-8(6)11/h3-4,8,11H,1-2H2/t8-/m1/s1. The summed E-state index contributed by atoms with van der Waals surface area (Å²) in [5.41, 5.74) is 2.03. The molecule has 3 heteroatoms. The third-order valence-corrected chi connectivity index (χ3v) is 2.42. The van der Waals surface area contributed by atoms with Gasteiger partial charge in [-0.15, -0.1) is 0 Å². The molecule has 0 saturated heterocycles. The van der Waals surface area contributed by atoms with Crippen LogP contribution in [0.3, 0.4) is 0 Å². The van der Waals surface area contributed by atoms with Gasteiger partial charge in [-0.2, -0.15) is 0 Å². The maximum absolute atomic E-state index is 9.44. The van der Waals surface area contributed by atoms with E-state index in [1.54, 1.807) is 6.20 Å². The van der Waals surface area contributed by atoms with Gasteiger partial charge in [0.1, 0.15) is 0 Å². The molecule has 0 radical (unpaired) electrons. The molecule has 0 spiro atoms. The predicted octanol–water partition coefficient (Wildman–Crippen LogP) is 1.82. The van der Waals surface area contributed by atoms with E-state index in [0.717, 1.165) is 28.6 Å². The lowest BCUT2D eigenvalue weighted by molar-refractivity contribution is 0.180. The number of hydrogen-bond donors (Lipinski definition) is 1. The van der Waals surface area contributed by atoms with Crippen molar-refractivity contribution in [1.82, 2.24) is 4.98 Å². The molecule has 0 aromatic carbocycles. The molecule has 11 heavy (non-hydrogen) atoms. The zero-order chi connectivity index (χ0) is 7.84. The molecular formula is C8H8BrNO. The Kier molecular flexibility index (Phi) is 1.69. The molecule has 1 N–H and O–H groups in total. The van der Waals surface area contributed by atoms with Crippen LogP contribution in [0.5, 0.6) is 0 Å². The van der Waals surface area contributed by atoms with Crippen LogP contribution in [0.25, 0.3) is 0 Å². The van der Waals surface area contributed by atoms with E-state index in [2.05, 4.69) is 20.9 Å². The Morgan fingerprint density at radius 3 is 3.27 bits per heavy atom. The first-order valence-electron chi connectivity index (χ1n) is 3.60. The van der Waals surface area contributed by atoms with E-state index in [9.17, 15) is 5.11 Å². The quantitative estimate of drug-likeness (QED) is 0.714. The van der Waals surface area contributed by atoms with Crippen molar-refractivity contribution in [3.8, 4) is 0 Å². The van der Waals surface area contributed by atoms with Gasteiger partial charge < -0.3 is 5.11 Å². The molecule has 1 heterocycles. The minimum Gasteiger partial charge on any atom is -0.388 e. The van der Waals surface area contributed by atoms with Crippen LogP contribution in [-0.4, -0.2) is 10.1 Å². The van der Waals surface area contributed by atoms with Gasteiger partial charge in [-0.05, 0) is 34.8 Å². The Labute approximate surface area is 73.4 Å². The number of aliphatic hydroxyl groups excluding tert-OH is 1. The topological polar surface area (TPSA) is 33.1 Å². The Bertz CT molecular complexity index is 287. The summed E-state index contributed by atoms with van der Waals surface area (Å²) in [5.74, 6) is 0. The van der Waals surface area contributed by atoms with Crippen molar-refractivity contribution < 1.29 is 5.11 Å². The summed E-state index contributed by atoms with van der Waals surface area (Å²) in [5, 5.41) is 9.44. The average Bonchev–Trinajstić information content (AvgIpc) is 2.33. The van der Waals surface area contributed by atoms with Gasteiger partial charge >= 0.3 is 0 Å². The summed E-state index contributed by atoms with van der Waals surface area (Å²) in [4.78, 5) is 4.20. The van der Waals surface area contributed by atoms with Crippen LogP contribution in [0.15, 0.2) is 16.7 Å². The number of fused-ring (bicyclic) bond motifs is 1. The van der Waals surface area contributed by atoms with E-state index in [0.29, 0.717) is 0 Å². The lowest BCUT2D eigenvalue weighted by atomic mass is 10.2. The van der Waals surface area contributed by atoms with Crippen molar-refractivity contribution in [2.75, 3.05) is 0 Å². The first-order valence-corrected chi connectivity index (χ1v) is 4.39. The Morgan fingerprint density at radius 1 is 1.64 bits per heavy atom. The number of rotatable bonds is 0. The summed E-state index contributed by atoms with van der Waals surface area (Å²) in [6, 6.07) is 1.94. The molecule has 0 aliphatic heterocycles. The first-order chi connectivity index (χ1) is 5.27. The van der Waals surface area contributed by atoms with Gasteiger partial charge in [-0.3, -0.25) is 4.98 Å². The van der Waals surface area contributed by atoms with Gasteiger partial charge in [0.25, 0.3) is 0 Å². The average molecular weight is 214 g/mol. The lowest BCUT2D eigenvalue weighted by Gasteiger charge is -2.01. The predicted molar refractivity (Wildman–Crippen MR) is 45.2 cm³/mol. The zero-order valence-electron chi connectivity index (χ0n) is 5.92. The van der Waals surface area contributed by atoms with Crippen LogP contribution in [-0.2, 0) is 6.42 Å². The fourth-order valence-electron chi connectivity index (χ4n) is 1.41. The third kappa shape index (κ3) is 1.19. The molecule has 0 amide bonds. The van der Waals surface area contributed by atoms with Gasteiger partial charge in [0.05, 0.1) is 6.10 Å². The molecule has 1 atom stereocenters. The molecule has 1 aromatic rings. The van der Waals surface area contributed by atoms with Crippen LogP contribution in [0, 0.1) is 0 Å². The van der Waals surface area contributed by atoms with Gasteiger partial charge in [0.2, 0.25) is 0 Å². The van der Waals surface area contributed by atoms with Crippen LogP contribution < -0.4 is 0 Å². The molecule has 1 aliphatic rings. The van der Waals surface area contributed by atoms with E-state index < -0.39 is 0 Å². The summed E-state index contributed by atoms with van der Waals surface area (Å²) in [6.45, 7) is 0. The lowest BCUT2D eigenvalue weighted by Crippen LogP contribution is -1.91. The molecular weight excluding hydrogens is 206 g/mol. The minimum atomic E-state index is -0.296. The van der Waals surface area contributed by atoms with E-state index in [1.165, 1.54) is 0 Å². The molecule has 2 nitrogen and oxygen atoms in total. The second-order valence-corrected chi connectivity index (χ2v) is 3.66. The van der Waals surface area contributed by atoms with Crippen LogP contribution in [0.1, 0.15) is 23.8 Å². The van der Waals surface area contributed by atoms with Crippen molar-refractivity contribution >= 4 is 15.9 Å². The highest BCUT2D eigenvalue weighted by Gasteiger charge is 2.20. The smallest absolute Gasteiger partial charge is 0.0811 e. The van der Waals surface area contributed by atoms with Crippen molar-refractivity contribution in [3.63, 3.8) is 0 Å². The molecule has 2 rings (SSSR count). The zero-order valence-corrected chi connectivity index (χ0v) is 7.50. The SMILES string of the molecule is O[C@@H]1CCc2ncc(Br)cc21. The van der Waals surface area contributed by atoms with Gasteiger partial charge in [0.15, 0.2) is 0 Å². The summed E-state index contributed by atoms with van der Waals surface area (Å²) in [7, 11) is 0. The maximum Gasteiger partial charge on any atom is 0.0811 e. The van der Waals surface area contributed by atoms with Crippen LogP contribution >= 0.6 is 15.9 Å². The van der Waals surface area contributed by atoms with E-state index >= 15 is 0 Å². The number of hydrogen-bond acceptors (Lipinski definition) is 2. The van der Waals surface area contributed by atoms with Crippen molar-refractivity contribution in [2.24, 2.45) is 0 Å². The fourth-order valence-corrected chi connectivity index (χ4v) is 1.76. The van der Waals surface area contributed by atoms with E-state index in [4.69, 9.17) is 0 Å². The number of halogens is 1. The molecule has 1 aliphatic carbocycles. The molecule has 0 saturated carbocycles. The monoisotopic (exact) mass is 213 g/mol. The first kappa shape index (κ1) is 7.25. The van der Waals surface area contributed by atoms with E-state index in [1.807, 2.05) is 6.07 Å². The van der Waals surface area contributed by atoms with Crippen molar-refractivity contribution in [2.45, 2.75) is 18.9 Å². The number of nitrogens with zero attached hydrogens (tertiary/aromatic N) is 1. The highest BCUT2D eigenvalue weighted by molar-refractivity contribution is 9.10. The normalized spacial score (nSPS) is 21.8. The second-order valence-electron chi connectivity index (χ2n) is 2.74. The molecule has 0 unspecified atom stereocenters. The highest BCUT2D eigenvalue weighted by Crippen LogP contribution is 2.30. The largest absolute Gasteiger partial charge is 0.388 e. The number of aliphatic hydroxyl groups is 1. The molecule has 0 bridgehead atoms. The number of aryl methyl sites for hydroxylation is 1. The second kappa shape index (κ2) is 2.57. The minimum absolute atomic E-state index is 0.296. The van der Waals surface area contributed by atoms with Crippen LogP contribution in [0.2, 0.25) is 0 Å². The number of aromatic nitrogens is 1. The summed E-state index contributed by atoms with van der Waals surface area (Å²) >= 11 is 3.32. The van der Waals surface area contributed by atoms with E-state index in [-0.39, 0.29) is 6.10 Å². The van der Waals surface area contributed by atoms with Gasteiger partial charge in [-0.1, -0.05) is 0 Å². The summed E-state index contributed by atoms with van der Waals surface area (Å²) < 4.78 is 0.942. The molecule has 58 valence electrons. The van der Waals surface area contributed by atoms with Crippen LogP contribution in [0.4, 0.5) is 0 Å². The third-order valence-electron chi connectivity index (χ3n) is 1.98. The fraction of sp³-hybridized carbons (Fsp3) is 0.375. The molecule has 1 aromatic heterocycles. The number of pyridine rings is 1. The van der Waals surface area contributed by atoms with Gasteiger partial charge in [-0.25, -0.2) is 0 Å². The Morgan fingerprint density at radius 2 is 2.45 bits per heavy atom. The van der Waals surface area contributed by atoms with Crippen molar-refractivity contribution in [3.05, 3.63) is 28.0 Å². The van der Waals surface area contributed by atoms with Gasteiger partial charge in [0, 0.05) is 21.9 Å². The highest BCUT2D eigenvalue weighted by atomic mass is 79.9. The van der Waals surface area contributed by atoms with Crippen molar-refractivity contribution in [1.29, 1.82) is 0 Å². The Hall–Kier alpha value is -0.410.